The molecule has 0 aliphatic heterocycles. The van der Waals surface area contributed by atoms with Gasteiger partial charge >= 0.3 is 0 Å². The first-order chi connectivity index (χ1) is 10.1. The van der Waals surface area contributed by atoms with Gasteiger partial charge in [-0.1, -0.05) is 29.8 Å². The minimum Gasteiger partial charge on any atom is -0.343 e. The highest BCUT2D eigenvalue weighted by atomic mass is 16.2. The van der Waals surface area contributed by atoms with Crippen molar-refractivity contribution in [2.45, 2.75) is 52.0 Å². The Bertz CT molecular complexity index is 462. The van der Waals surface area contributed by atoms with Crippen LogP contribution in [0, 0.1) is 6.92 Å². The maximum Gasteiger partial charge on any atom is 0.223 e. The quantitative estimate of drug-likeness (QED) is 0.836. The minimum absolute atomic E-state index is 0.266. The second-order valence-corrected chi connectivity index (χ2v) is 6.05. The number of amides is 1. The van der Waals surface area contributed by atoms with E-state index in [0.29, 0.717) is 18.4 Å². The molecule has 1 aliphatic carbocycles. The molecule has 1 aliphatic rings. The number of aryl methyl sites for hydroxylation is 1. The summed E-state index contributed by atoms with van der Waals surface area (Å²) < 4.78 is 0. The number of hydrogen-bond acceptors (Lipinski definition) is 2. The molecule has 2 rings (SSSR count). The number of nitrogens with one attached hydrogen (secondary N) is 1. The molecule has 0 unspecified atom stereocenters. The van der Waals surface area contributed by atoms with Crippen molar-refractivity contribution in [3.63, 3.8) is 0 Å². The van der Waals surface area contributed by atoms with Crippen LogP contribution in [0.4, 0.5) is 0 Å². The first-order valence-electron chi connectivity index (χ1n) is 8.21. The Morgan fingerprint density at radius 1 is 1.29 bits per heavy atom. The van der Waals surface area contributed by atoms with Gasteiger partial charge in [-0.3, -0.25) is 4.79 Å². The lowest BCUT2D eigenvalue weighted by Crippen LogP contribution is -2.42. The Morgan fingerprint density at radius 2 is 2.00 bits per heavy atom. The highest BCUT2D eigenvalue weighted by Gasteiger charge is 2.29. The molecule has 0 atom stereocenters. The maximum atomic E-state index is 11.9. The van der Waals surface area contributed by atoms with Gasteiger partial charge in [0.2, 0.25) is 5.91 Å². The SMILES string of the molecule is CCN(CC)C(=O)CCNC1CC(c2cccc(C)c2)C1. The largest absolute Gasteiger partial charge is 0.343 e. The van der Waals surface area contributed by atoms with Gasteiger partial charge in [-0.15, -0.1) is 0 Å². The molecule has 1 saturated carbocycles. The Labute approximate surface area is 128 Å². The predicted octanol–water partition coefficient (Wildman–Crippen LogP) is 3.09. The number of benzene rings is 1. The van der Waals surface area contributed by atoms with E-state index < -0.39 is 0 Å². The molecule has 21 heavy (non-hydrogen) atoms. The standard InChI is InChI=1S/C18H28N2O/c1-4-20(5-2)18(21)9-10-19-17-12-16(13-17)15-8-6-7-14(3)11-15/h6-8,11,16-17,19H,4-5,9-10,12-13H2,1-3H3. The first kappa shape index (κ1) is 16.0. The average Bonchev–Trinajstić information content (AvgIpc) is 2.42. The molecule has 3 heteroatoms. The van der Waals surface area contributed by atoms with Crippen molar-refractivity contribution < 1.29 is 4.79 Å². The van der Waals surface area contributed by atoms with Gasteiger partial charge < -0.3 is 10.2 Å². The fourth-order valence-electron chi connectivity index (χ4n) is 3.10. The topological polar surface area (TPSA) is 32.3 Å². The summed E-state index contributed by atoms with van der Waals surface area (Å²) in [6, 6.07) is 9.41. The van der Waals surface area contributed by atoms with E-state index in [1.165, 1.54) is 24.0 Å². The van der Waals surface area contributed by atoms with Crippen LogP contribution in [0.2, 0.25) is 0 Å². The lowest BCUT2D eigenvalue weighted by Gasteiger charge is -2.36. The monoisotopic (exact) mass is 288 g/mol. The third kappa shape index (κ3) is 4.31. The van der Waals surface area contributed by atoms with Crippen molar-refractivity contribution in [1.29, 1.82) is 0 Å². The van der Waals surface area contributed by atoms with E-state index in [9.17, 15) is 4.79 Å². The number of hydrogen-bond donors (Lipinski definition) is 1. The van der Waals surface area contributed by atoms with Gasteiger partial charge in [0.1, 0.15) is 0 Å². The zero-order chi connectivity index (χ0) is 15.2. The van der Waals surface area contributed by atoms with Gasteiger partial charge in [0.05, 0.1) is 0 Å². The average molecular weight is 288 g/mol. The summed E-state index contributed by atoms with van der Waals surface area (Å²) in [4.78, 5) is 13.8. The van der Waals surface area contributed by atoms with E-state index in [4.69, 9.17) is 0 Å². The molecule has 1 amide bonds. The summed E-state index contributed by atoms with van der Waals surface area (Å²) in [6.07, 6.45) is 3.01. The zero-order valence-corrected chi connectivity index (χ0v) is 13.6. The van der Waals surface area contributed by atoms with Gasteiger partial charge in [-0.2, -0.15) is 0 Å². The van der Waals surface area contributed by atoms with Gasteiger partial charge in [-0.25, -0.2) is 0 Å². The van der Waals surface area contributed by atoms with Crippen molar-refractivity contribution in [2.75, 3.05) is 19.6 Å². The van der Waals surface area contributed by atoms with E-state index in [1.807, 2.05) is 18.7 Å². The third-order valence-electron chi connectivity index (χ3n) is 4.54. The summed E-state index contributed by atoms with van der Waals surface area (Å²) in [5, 5.41) is 3.52. The van der Waals surface area contributed by atoms with Crippen molar-refractivity contribution >= 4 is 5.91 Å². The van der Waals surface area contributed by atoms with Crippen molar-refractivity contribution in [3.8, 4) is 0 Å². The summed E-state index contributed by atoms with van der Waals surface area (Å²) in [5.74, 6) is 0.961. The van der Waals surface area contributed by atoms with Crippen LogP contribution in [0.25, 0.3) is 0 Å². The number of carbonyl (C=O) groups excluding carboxylic acids is 1. The third-order valence-corrected chi connectivity index (χ3v) is 4.54. The smallest absolute Gasteiger partial charge is 0.223 e. The molecular formula is C18H28N2O. The second-order valence-electron chi connectivity index (χ2n) is 6.05. The Morgan fingerprint density at radius 3 is 2.62 bits per heavy atom. The first-order valence-corrected chi connectivity index (χ1v) is 8.21. The molecule has 0 radical (unpaired) electrons. The molecule has 1 aromatic rings. The summed E-state index contributed by atoms with van der Waals surface area (Å²) >= 11 is 0. The zero-order valence-electron chi connectivity index (χ0n) is 13.6. The molecule has 0 aromatic heterocycles. The minimum atomic E-state index is 0.266. The van der Waals surface area contributed by atoms with Crippen LogP contribution in [-0.4, -0.2) is 36.5 Å². The summed E-state index contributed by atoms with van der Waals surface area (Å²) in [5.41, 5.74) is 2.81. The number of nitrogens with zero attached hydrogens (tertiary/aromatic N) is 1. The highest BCUT2D eigenvalue weighted by molar-refractivity contribution is 5.76. The van der Waals surface area contributed by atoms with E-state index in [0.717, 1.165) is 19.6 Å². The van der Waals surface area contributed by atoms with E-state index in [2.05, 4.69) is 36.5 Å². The van der Waals surface area contributed by atoms with Gasteiger partial charge in [0.25, 0.3) is 0 Å². The molecule has 0 heterocycles. The van der Waals surface area contributed by atoms with Gasteiger partial charge in [0, 0.05) is 32.1 Å². The van der Waals surface area contributed by atoms with Crippen LogP contribution in [0.15, 0.2) is 24.3 Å². The molecule has 0 spiro atoms. The number of rotatable bonds is 7. The number of carbonyl (C=O) groups is 1. The summed E-state index contributed by atoms with van der Waals surface area (Å²) in [7, 11) is 0. The normalized spacial score (nSPS) is 20.9. The van der Waals surface area contributed by atoms with Crippen molar-refractivity contribution in [2.24, 2.45) is 0 Å². The van der Waals surface area contributed by atoms with Gasteiger partial charge in [-0.05, 0) is 45.1 Å². The molecular weight excluding hydrogens is 260 g/mol. The van der Waals surface area contributed by atoms with E-state index in [1.54, 1.807) is 0 Å². The summed E-state index contributed by atoms with van der Waals surface area (Å²) in [6.45, 7) is 8.65. The Balaban J connectivity index is 1.66. The molecule has 1 aromatic carbocycles. The predicted molar refractivity (Wildman–Crippen MR) is 87.5 cm³/mol. The Hall–Kier alpha value is -1.35. The van der Waals surface area contributed by atoms with Crippen LogP contribution < -0.4 is 5.32 Å². The van der Waals surface area contributed by atoms with Crippen LogP contribution in [0.5, 0.6) is 0 Å². The van der Waals surface area contributed by atoms with Crippen LogP contribution >= 0.6 is 0 Å². The van der Waals surface area contributed by atoms with Crippen molar-refractivity contribution in [1.82, 2.24) is 10.2 Å². The molecule has 1 fully saturated rings. The van der Waals surface area contributed by atoms with Crippen LogP contribution in [-0.2, 0) is 4.79 Å². The van der Waals surface area contributed by atoms with Crippen LogP contribution in [0.3, 0.4) is 0 Å². The fourth-order valence-corrected chi connectivity index (χ4v) is 3.10. The van der Waals surface area contributed by atoms with Crippen molar-refractivity contribution in [3.05, 3.63) is 35.4 Å². The molecule has 0 bridgehead atoms. The molecule has 1 N–H and O–H groups in total. The van der Waals surface area contributed by atoms with E-state index in [-0.39, 0.29) is 5.91 Å². The highest BCUT2D eigenvalue weighted by Crippen LogP contribution is 2.36. The van der Waals surface area contributed by atoms with Gasteiger partial charge in [0.15, 0.2) is 0 Å². The molecule has 116 valence electrons. The lowest BCUT2D eigenvalue weighted by molar-refractivity contribution is -0.130. The Kier molecular flexibility index (Phi) is 5.80. The molecule has 0 saturated heterocycles. The fraction of sp³-hybridized carbons (Fsp3) is 0.611. The maximum absolute atomic E-state index is 11.9. The second kappa shape index (κ2) is 7.60. The lowest BCUT2D eigenvalue weighted by atomic mass is 9.75. The molecule has 3 nitrogen and oxygen atoms in total. The van der Waals surface area contributed by atoms with E-state index >= 15 is 0 Å². The van der Waals surface area contributed by atoms with Crippen LogP contribution in [0.1, 0.15) is 50.2 Å².